The molecule has 3 unspecified atom stereocenters. The fourth-order valence-electron chi connectivity index (χ4n) is 1.45. The molecule has 1 aliphatic heterocycles. The van der Waals surface area contributed by atoms with Crippen LogP contribution in [0.15, 0.2) is 0 Å². The van der Waals surface area contributed by atoms with Gasteiger partial charge in [0.05, 0.1) is 17.7 Å². The van der Waals surface area contributed by atoms with Gasteiger partial charge < -0.3 is 4.74 Å². The molecule has 1 fully saturated rings. The maximum Gasteiger partial charge on any atom is 0.228 e. The maximum atomic E-state index is 11.7. The van der Waals surface area contributed by atoms with Crippen LogP contribution in [0.2, 0.25) is 0 Å². The van der Waals surface area contributed by atoms with Gasteiger partial charge in [-0.15, -0.1) is 0 Å². The minimum absolute atomic E-state index is 0.168. The smallest absolute Gasteiger partial charge is 0.228 e. The van der Waals surface area contributed by atoms with Crippen molar-refractivity contribution in [1.29, 1.82) is 5.26 Å². The van der Waals surface area contributed by atoms with Gasteiger partial charge in [0.15, 0.2) is 5.25 Å². The quantitative estimate of drug-likeness (QED) is 0.763. The van der Waals surface area contributed by atoms with Crippen LogP contribution in [0.3, 0.4) is 0 Å². The van der Waals surface area contributed by atoms with Crippen molar-refractivity contribution in [2.75, 3.05) is 6.61 Å². The van der Waals surface area contributed by atoms with Gasteiger partial charge in [-0.1, -0.05) is 0 Å². The van der Waals surface area contributed by atoms with Gasteiger partial charge in [0.1, 0.15) is 0 Å². The fraction of sp³-hybridized carbons (Fsp3) is 0.889. The number of nitriles is 1. The van der Waals surface area contributed by atoms with Crippen LogP contribution < -0.4 is 4.72 Å². The molecule has 5 nitrogen and oxygen atoms in total. The highest BCUT2D eigenvalue weighted by atomic mass is 32.2. The highest BCUT2D eigenvalue weighted by Gasteiger charge is 2.41. The molecule has 15 heavy (non-hydrogen) atoms. The Bertz CT molecular complexity index is 373. The Morgan fingerprint density at radius 1 is 1.67 bits per heavy atom. The van der Waals surface area contributed by atoms with Gasteiger partial charge in [-0.05, 0) is 27.2 Å². The summed E-state index contributed by atoms with van der Waals surface area (Å²) >= 11 is 0. The monoisotopic (exact) mass is 232 g/mol. The van der Waals surface area contributed by atoms with Gasteiger partial charge in [0.2, 0.25) is 10.0 Å². The van der Waals surface area contributed by atoms with Gasteiger partial charge in [0.25, 0.3) is 0 Å². The molecule has 0 aromatic carbocycles. The second kappa shape index (κ2) is 4.08. The van der Waals surface area contributed by atoms with Crippen LogP contribution in [-0.4, -0.2) is 31.9 Å². The SMILES string of the molecule is CC1OCCC1(C)NS(=O)(=O)C(C)C#N. The molecule has 0 aromatic heterocycles. The van der Waals surface area contributed by atoms with E-state index >= 15 is 0 Å². The van der Waals surface area contributed by atoms with Gasteiger partial charge in [-0.3, -0.25) is 0 Å². The second-order valence-corrected chi connectivity index (χ2v) is 6.10. The van der Waals surface area contributed by atoms with E-state index in [0.717, 1.165) is 0 Å². The molecule has 1 aliphatic rings. The zero-order valence-electron chi connectivity index (χ0n) is 9.15. The second-order valence-electron chi connectivity index (χ2n) is 4.10. The molecule has 0 spiro atoms. The van der Waals surface area contributed by atoms with Crippen molar-refractivity contribution in [1.82, 2.24) is 4.72 Å². The molecule has 1 heterocycles. The molecule has 1 N–H and O–H groups in total. The third-order valence-electron chi connectivity index (χ3n) is 2.91. The minimum Gasteiger partial charge on any atom is -0.376 e. The Hall–Kier alpha value is -0.640. The molecule has 6 heteroatoms. The lowest BCUT2D eigenvalue weighted by Gasteiger charge is -2.28. The van der Waals surface area contributed by atoms with Crippen LogP contribution in [0.1, 0.15) is 27.2 Å². The Morgan fingerprint density at radius 2 is 2.27 bits per heavy atom. The van der Waals surface area contributed by atoms with E-state index in [1.807, 2.05) is 6.92 Å². The number of hydrogen-bond acceptors (Lipinski definition) is 4. The number of ether oxygens (including phenoxy) is 1. The van der Waals surface area contributed by atoms with E-state index in [1.165, 1.54) is 6.92 Å². The average molecular weight is 232 g/mol. The zero-order valence-corrected chi connectivity index (χ0v) is 9.97. The van der Waals surface area contributed by atoms with Crippen LogP contribution in [-0.2, 0) is 14.8 Å². The summed E-state index contributed by atoms with van der Waals surface area (Å²) < 4.78 is 31.2. The van der Waals surface area contributed by atoms with Crippen LogP contribution in [0.4, 0.5) is 0 Å². The predicted octanol–water partition coefficient (Wildman–Crippen LogP) is 0.385. The van der Waals surface area contributed by atoms with E-state index in [2.05, 4.69) is 4.72 Å². The summed E-state index contributed by atoms with van der Waals surface area (Å²) in [5, 5.41) is 7.55. The highest BCUT2D eigenvalue weighted by molar-refractivity contribution is 7.90. The average Bonchev–Trinajstić information content (AvgIpc) is 2.44. The fourth-order valence-corrected chi connectivity index (χ4v) is 2.69. The van der Waals surface area contributed by atoms with E-state index in [0.29, 0.717) is 13.0 Å². The number of nitrogens with one attached hydrogen (secondary N) is 1. The third kappa shape index (κ3) is 2.48. The van der Waals surface area contributed by atoms with Gasteiger partial charge >= 0.3 is 0 Å². The van der Waals surface area contributed by atoms with Crippen molar-refractivity contribution in [3.05, 3.63) is 0 Å². The lowest BCUT2D eigenvalue weighted by Crippen LogP contribution is -2.52. The van der Waals surface area contributed by atoms with Crippen molar-refractivity contribution in [3.8, 4) is 6.07 Å². The summed E-state index contributed by atoms with van der Waals surface area (Å²) in [6.07, 6.45) is 0.462. The van der Waals surface area contributed by atoms with Crippen LogP contribution in [0, 0.1) is 11.3 Å². The Kier molecular flexibility index (Phi) is 3.38. The van der Waals surface area contributed by atoms with E-state index < -0.39 is 20.8 Å². The molecule has 1 rings (SSSR count). The van der Waals surface area contributed by atoms with Gasteiger partial charge in [-0.25, -0.2) is 13.1 Å². The summed E-state index contributed by atoms with van der Waals surface area (Å²) in [6.45, 7) is 5.53. The van der Waals surface area contributed by atoms with Crippen LogP contribution in [0.5, 0.6) is 0 Å². The summed E-state index contributed by atoms with van der Waals surface area (Å²) in [5.41, 5.74) is -0.593. The van der Waals surface area contributed by atoms with E-state index in [4.69, 9.17) is 10.00 Å². The first kappa shape index (κ1) is 12.4. The van der Waals surface area contributed by atoms with Crippen LogP contribution in [0.25, 0.3) is 0 Å². The molecule has 0 saturated carbocycles. The van der Waals surface area contributed by atoms with Crippen molar-refractivity contribution in [2.45, 2.75) is 44.1 Å². The molecular weight excluding hydrogens is 216 g/mol. The summed E-state index contributed by atoms with van der Waals surface area (Å²) in [6, 6.07) is 1.72. The molecule has 86 valence electrons. The number of nitrogens with zero attached hydrogens (tertiary/aromatic N) is 1. The first-order valence-electron chi connectivity index (χ1n) is 4.86. The van der Waals surface area contributed by atoms with Crippen molar-refractivity contribution in [2.24, 2.45) is 0 Å². The molecule has 0 aliphatic carbocycles. The lowest BCUT2D eigenvalue weighted by atomic mass is 9.97. The Labute approximate surface area is 90.5 Å². The van der Waals surface area contributed by atoms with E-state index in [9.17, 15) is 8.42 Å². The van der Waals surface area contributed by atoms with Crippen molar-refractivity contribution >= 4 is 10.0 Å². The van der Waals surface area contributed by atoms with Crippen molar-refractivity contribution < 1.29 is 13.2 Å². The standard InChI is InChI=1S/C9H16N2O3S/c1-7(6-10)15(12,13)11-9(3)4-5-14-8(9)2/h7-8,11H,4-5H2,1-3H3. The van der Waals surface area contributed by atoms with Gasteiger partial charge in [0, 0.05) is 6.61 Å². The third-order valence-corrected chi connectivity index (χ3v) is 4.70. The maximum absolute atomic E-state index is 11.7. The largest absolute Gasteiger partial charge is 0.376 e. The highest BCUT2D eigenvalue weighted by Crippen LogP contribution is 2.26. The normalized spacial score (nSPS) is 33.6. The Balaban J connectivity index is 2.82. The molecule has 0 aromatic rings. The van der Waals surface area contributed by atoms with Crippen molar-refractivity contribution in [3.63, 3.8) is 0 Å². The summed E-state index contributed by atoms with van der Waals surface area (Å²) in [7, 11) is -3.58. The lowest BCUT2D eigenvalue weighted by molar-refractivity contribution is 0.0957. The summed E-state index contributed by atoms with van der Waals surface area (Å²) in [4.78, 5) is 0. The molecular formula is C9H16N2O3S. The first-order valence-corrected chi connectivity index (χ1v) is 6.40. The Morgan fingerprint density at radius 3 is 2.67 bits per heavy atom. The zero-order chi connectivity index (χ0) is 11.7. The van der Waals surface area contributed by atoms with Crippen LogP contribution >= 0.6 is 0 Å². The minimum atomic E-state index is -3.58. The van der Waals surface area contributed by atoms with Gasteiger partial charge in [-0.2, -0.15) is 5.26 Å². The van der Waals surface area contributed by atoms with E-state index in [1.54, 1.807) is 13.0 Å². The molecule has 0 bridgehead atoms. The number of hydrogen-bond donors (Lipinski definition) is 1. The molecule has 0 radical (unpaired) electrons. The summed E-state index contributed by atoms with van der Waals surface area (Å²) in [5.74, 6) is 0. The molecule has 3 atom stereocenters. The number of sulfonamides is 1. The number of rotatable bonds is 3. The topological polar surface area (TPSA) is 79.2 Å². The van der Waals surface area contributed by atoms with E-state index in [-0.39, 0.29) is 6.10 Å². The predicted molar refractivity (Wildman–Crippen MR) is 55.6 cm³/mol. The molecule has 0 amide bonds. The molecule has 1 saturated heterocycles. The first-order chi connectivity index (χ1) is 6.82.